The Hall–Kier alpha value is -1.65. The highest BCUT2D eigenvalue weighted by atomic mass is 16.5. The van der Waals surface area contributed by atoms with E-state index < -0.39 is 6.04 Å². The normalized spacial score (nSPS) is 11.9. The van der Waals surface area contributed by atoms with Crippen LogP contribution >= 0.6 is 0 Å². The van der Waals surface area contributed by atoms with Gasteiger partial charge in [-0.3, -0.25) is 5.32 Å². The van der Waals surface area contributed by atoms with Crippen LogP contribution in [0.4, 0.5) is 0 Å². The van der Waals surface area contributed by atoms with Crippen molar-refractivity contribution in [2.45, 2.75) is 12.6 Å². The van der Waals surface area contributed by atoms with E-state index in [1.165, 1.54) is 7.11 Å². The Balaban J connectivity index is 2.92. The van der Waals surface area contributed by atoms with E-state index in [1.807, 2.05) is 24.3 Å². The zero-order chi connectivity index (χ0) is 13.4. The Morgan fingerprint density at radius 2 is 2.28 bits per heavy atom. The Morgan fingerprint density at radius 3 is 2.89 bits per heavy atom. The van der Waals surface area contributed by atoms with Crippen LogP contribution in [0.3, 0.4) is 0 Å². The van der Waals surface area contributed by atoms with Crippen LogP contribution in [-0.2, 0) is 20.9 Å². The first-order valence-corrected chi connectivity index (χ1v) is 5.72. The molecule has 0 aromatic heterocycles. The van der Waals surface area contributed by atoms with Crippen LogP contribution in [0.25, 0.3) is 0 Å². The number of ether oxygens (including phenoxy) is 2. The van der Waals surface area contributed by atoms with Gasteiger partial charge in [0, 0.05) is 13.7 Å². The summed E-state index contributed by atoms with van der Waals surface area (Å²) in [4.78, 5) is 11.7. The number of benzene rings is 1. The minimum absolute atomic E-state index is 0.314. The summed E-state index contributed by atoms with van der Waals surface area (Å²) in [5, 5.41) is 3.07. The average molecular weight is 249 g/mol. The third-order valence-corrected chi connectivity index (χ3v) is 2.50. The lowest BCUT2D eigenvalue weighted by Crippen LogP contribution is -2.29. The predicted molar refractivity (Wildman–Crippen MR) is 70.1 cm³/mol. The van der Waals surface area contributed by atoms with Crippen LogP contribution in [0.15, 0.2) is 36.9 Å². The molecule has 1 atom stereocenters. The lowest BCUT2D eigenvalue weighted by atomic mass is 10.0. The van der Waals surface area contributed by atoms with E-state index in [0.717, 1.165) is 11.1 Å². The first-order chi connectivity index (χ1) is 8.72. The molecule has 0 saturated heterocycles. The molecule has 0 aliphatic heterocycles. The van der Waals surface area contributed by atoms with Crippen molar-refractivity contribution in [2.75, 3.05) is 20.8 Å². The van der Waals surface area contributed by atoms with Gasteiger partial charge in [0.05, 0.1) is 13.7 Å². The molecule has 1 N–H and O–H groups in total. The Morgan fingerprint density at radius 1 is 1.50 bits per heavy atom. The quantitative estimate of drug-likeness (QED) is 0.591. The van der Waals surface area contributed by atoms with E-state index in [9.17, 15) is 4.79 Å². The van der Waals surface area contributed by atoms with E-state index in [4.69, 9.17) is 9.47 Å². The molecule has 1 aromatic rings. The van der Waals surface area contributed by atoms with Crippen LogP contribution in [0.1, 0.15) is 17.2 Å². The molecule has 0 amide bonds. The summed E-state index contributed by atoms with van der Waals surface area (Å²) in [6.07, 6.45) is 1.70. The van der Waals surface area contributed by atoms with Gasteiger partial charge in [0.25, 0.3) is 0 Å². The number of hydrogen-bond donors (Lipinski definition) is 1. The van der Waals surface area contributed by atoms with Gasteiger partial charge in [0.1, 0.15) is 6.04 Å². The minimum Gasteiger partial charge on any atom is -0.468 e. The van der Waals surface area contributed by atoms with Crippen molar-refractivity contribution in [1.82, 2.24) is 5.32 Å². The fourth-order valence-electron chi connectivity index (χ4n) is 1.69. The molecule has 18 heavy (non-hydrogen) atoms. The molecule has 0 fully saturated rings. The Kier molecular flexibility index (Phi) is 6.11. The zero-order valence-corrected chi connectivity index (χ0v) is 10.8. The average Bonchev–Trinajstić information content (AvgIpc) is 2.39. The molecule has 1 unspecified atom stereocenters. The highest BCUT2D eigenvalue weighted by Gasteiger charge is 2.20. The van der Waals surface area contributed by atoms with Gasteiger partial charge in [-0.1, -0.05) is 30.3 Å². The van der Waals surface area contributed by atoms with Crippen molar-refractivity contribution < 1.29 is 14.3 Å². The van der Waals surface area contributed by atoms with Crippen LogP contribution in [0.2, 0.25) is 0 Å². The number of carbonyl (C=O) groups is 1. The van der Waals surface area contributed by atoms with Gasteiger partial charge in [-0.05, 0) is 11.1 Å². The maximum atomic E-state index is 11.7. The van der Waals surface area contributed by atoms with Crippen LogP contribution in [-0.4, -0.2) is 26.7 Å². The summed E-state index contributed by atoms with van der Waals surface area (Å²) < 4.78 is 9.87. The molecule has 1 aromatic carbocycles. The maximum Gasteiger partial charge on any atom is 0.327 e. The van der Waals surface area contributed by atoms with Gasteiger partial charge < -0.3 is 9.47 Å². The zero-order valence-electron chi connectivity index (χ0n) is 10.8. The van der Waals surface area contributed by atoms with Crippen molar-refractivity contribution in [3.8, 4) is 0 Å². The number of hydrogen-bond acceptors (Lipinski definition) is 4. The second kappa shape index (κ2) is 7.63. The van der Waals surface area contributed by atoms with E-state index in [0.29, 0.717) is 13.2 Å². The third kappa shape index (κ3) is 3.98. The molecule has 1 rings (SSSR count). The lowest BCUT2D eigenvalue weighted by Gasteiger charge is -2.16. The molecule has 4 heteroatoms. The predicted octanol–water partition coefficient (Wildman–Crippen LogP) is 1.82. The van der Waals surface area contributed by atoms with E-state index >= 15 is 0 Å². The number of methoxy groups -OCH3 is 2. The number of esters is 1. The minimum atomic E-state index is -0.482. The van der Waals surface area contributed by atoms with Crippen molar-refractivity contribution in [3.63, 3.8) is 0 Å². The van der Waals surface area contributed by atoms with Crippen molar-refractivity contribution >= 4 is 5.97 Å². The largest absolute Gasteiger partial charge is 0.468 e. The second-order valence-corrected chi connectivity index (χ2v) is 3.83. The SMILES string of the molecule is C=CCNC(C(=O)OC)c1cccc(COC)c1. The molecule has 0 saturated carbocycles. The topological polar surface area (TPSA) is 47.6 Å². The fraction of sp³-hybridized carbons (Fsp3) is 0.357. The van der Waals surface area contributed by atoms with Crippen LogP contribution in [0, 0.1) is 0 Å². The molecule has 0 heterocycles. The first kappa shape index (κ1) is 14.4. The summed E-state index contributed by atoms with van der Waals surface area (Å²) in [5.41, 5.74) is 1.88. The monoisotopic (exact) mass is 249 g/mol. The summed E-state index contributed by atoms with van der Waals surface area (Å²) >= 11 is 0. The van der Waals surface area contributed by atoms with Crippen LogP contribution < -0.4 is 5.32 Å². The molecule has 0 aliphatic rings. The van der Waals surface area contributed by atoms with Gasteiger partial charge in [-0.2, -0.15) is 0 Å². The summed E-state index contributed by atoms with van der Waals surface area (Å²) in [7, 11) is 3.02. The number of nitrogens with one attached hydrogen (secondary N) is 1. The van der Waals surface area contributed by atoms with Crippen LogP contribution in [0.5, 0.6) is 0 Å². The van der Waals surface area contributed by atoms with E-state index in [-0.39, 0.29) is 5.97 Å². The van der Waals surface area contributed by atoms with Crippen molar-refractivity contribution in [3.05, 3.63) is 48.0 Å². The first-order valence-electron chi connectivity index (χ1n) is 5.72. The van der Waals surface area contributed by atoms with Gasteiger partial charge in [0.15, 0.2) is 0 Å². The summed E-state index contributed by atoms with van der Waals surface area (Å²) in [6.45, 7) is 4.68. The van der Waals surface area contributed by atoms with Gasteiger partial charge >= 0.3 is 5.97 Å². The lowest BCUT2D eigenvalue weighted by molar-refractivity contribution is -0.143. The third-order valence-electron chi connectivity index (χ3n) is 2.50. The van der Waals surface area contributed by atoms with Crippen molar-refractivity contribution in [1.29, 1.82) is 0 Å². The second-order valence-electron chi connectivity index (χ2n) is 3.83. The fourth-order valence-corrected chi connectivity index (χ4v) is 1.69. The molecular weight excluding hydrogens is 230 g/mol. The summed E-state index contributed by atoms with van der Waals surface area (Å²) in [6, 6.07) is 7.19. The molecule has 0 aliphatic carbocycles. The van der Waals surface area contributed by atoms with Gasteiger partial charge in [-0.15, -0.1) is 6.58 Å². The Labute approximate surface area is 108 Å². The molecular formula is C14H19NO3. The van der Waals surface area contributed by atoms with Gasteiger partial charge in [0.2, 0.25) is 0 Å². The number of rotatable bonds is 7. The highest BCUT2D eigenvalue weighted by Crippen LogP contribution is 2.16. The molecule has 4 nitrogen and oxygen atoms in total. The molecule has 0 bridgehead atoms. The molecule has 0 radical (unpaired) electrons. The smallest absolute Gasteiger partial charge is 0.327 e. The molecule has 0 spiro atoms. The highest BCUT2D eigenvalue weighted by molar-refractivity contribution is 5.77. The van der Waals surface area contributed by atoms with E-state index in [1.54, 1.807) is 13.2 Å². The maximum absolute atomic E-state index is 11.7. The van der Waals surface area contributed by atoms with Gasteiger partial charge in [-0.25, -0.2) is 4.79 Å². The van der Waals surface area contributed by atoms with E-state index in [2.05, 4.69) is 11.9 Å². The standard InChI is InChI=1S/C14H19NO3/c1-4-8-15-13(14(16)18-3)12-7-5-6-11(9-12)10-17-2/h4-7,9,13,15H,1,8,10H2,2-3H3. The molecule has 98 valence electrons. The van der Waals surface area contributed by atoms with Crippen molar-refractivity contribution in [2.24, 2.45) is 0 Å². The number of carbonyl (C=O) groups excluding carboxylic acids is 1. The Bertz CT molecular complexity index is 404. The summed E-state index contributed by atoms with van der Waals surface area (Å²) in [5.74, 6) is -0.314.